The first-order valence-corrected chi connectivity index (χ1v) is 6.59. The van der Waals surface area contributed by atoms with Crippen LogP contribution in [-0.4, -0.2) is 11.8 Å². The van der Waals surface area contributed by atoms with Crippen LogP contribution in [0.15, 0.2) is 30.3 Å². The molecule has 1 aromatic carbocycles. The maximum atomic E-state index is 3.35. The molecular weight excluding hydrogens is 187 g/mol. The van der Waals surface area contributed by atoms with Gasteiger partial charge in [-0.05, 0) is 31.9 Å². The van der Waals surface area contributed by atoms with Crippen LogP contribution in [-0.2, 0) is 0 Å². The zero-order valence-corrected chi connectivity index (χ0v) is 10.2. The normalized spacial score (nSPS) is 12.9. The molecule has 0 amide bonds. The van der Waals surface area contributed by atoms with Crippen molar-refractivity contribution in [2.24, 2.45) is 0 Å². The van der Waals surface area contributed by atoms with Gasteiger partial charge in [0.15, 0.2) is 0 Å². The summed E-state index contributed by atoms with van der Waals surface area (Å²) in [6.07, 6.45) is 0. The van der Waals surface area contributed by atoms with Gasteiger partial charge < -0.3 is 0 Å². The molecular formula is C13H17P. The predicted octanol–water partition coefficient (Wildman–Crippen LogP) is 3.91. The Morgan fingerprint density at radius 1 is 1.07 bits per heavy atom. The number of hydrogen-bond donors (Lipinski definition) is 0. The van der Waals surface area contributed by atoms with E-state index < -0.39 is 0 Å². The molecule has 0 bridgehead atoms. The minimum atomic E-state index is -0.206. The number of rotatable bonds is 0. The van der Waals surface area contributed by atoms with Gasteiger partial charge >= 0.3 is 0 Å². The van der Waals surface area contributed by atoms with Crippen LogP contribution in [0.5, 0.6) is 0 Å². The largest absolute Gasteiger partial charge is 0.0710 e. The second-order valence-corrected chi connectivity index (χ2v) is 7.02. The maximum Gasteiger partial charge on any atom is 0.0248 e. The van der Waals surface area contributed by atoms with Crippen molar-refractivity contribution in [3.63, 3.8) is 0 Å². The Kier molecular flexibility index (Phi) is 3.73. The Hall–Kier alpha value is -0.790. The molecule has 1 heteroatoms. The van der Waals surface area contributed by atoms with Gasteiger partial charge in [0.25, 0.3) is 0 Å². The Morgan fingerprint density at radius 2 is 1.64 bits per heavy atom. The molecule has 0 fully saturated rings. The van der Waals surface area contributed by atoms with Gasteiger partial charge in [-0.2, -0.15) is 0 Å². The molecule has 0 nitrogen and oxygen atoms in total. The average Bonchev–Trinajstić information content (AvgIpc) is 2.14. The molecule has 1 aromatic rings. The molecule has 0 aromatic heterocycles. The zero-order chi connectivity index (χ0) is 10.6. The minimum Gasteiger partial charge on any atom is -0.0710 e. The summed E-state index contributed by atoms with van der Waals surface area (Å²) in [7, 11) is -0.206. The third-order valence-corrected chi connectivity index (χ3v) is 4.61. The van der Waals surface area contributed by atoms with E-state index in [-0.39, 0.29) is 7.92 Å². The predicted molar refractivity (Wildman–Crippen MR) is 65.9 cm³/mol. The van der Waals surface area contributed by atoms with E-state index in [1.165, 1.54) is 0 Å². The second-order valence-electron chi connectivity index (χ2n) is 4.33. The molecule has 0 N–H and O–H groups in total. The second kappa shape index (κ2) is 4.63. The van der Waals surface area contributed by atoms with Gasteiger partial charge in [-0.3, -0.25) is 0 Å². The molecule has 1 atom stereocenters. The van der Waals surface area contributed by atoms with Crippen molar-refractivity contribution in [2.45, 2.75) is 25.9 Å². The Morgan fingerprint density at radius 3 is 2.14 bits per heavy atom. The van der Waals surface area contributed by atoms with Crippen LogP contribution in [0.2, 0.25) is 0 Å². The summed E-state index contributed by atoms with van der Waals surface area (Å²) in [6.45, 7) is 8.99. The topological polar surface area (TPSA) is 0 Å². The SMILES string of the molecule is CP(C#Cc1ccccc1)C(C)(C)C. The van der Waals surface area contributed by atoms with E-state index in [2.05, 4.69) is 51.2 Å². The molecule has 14 heavy (non-hydrogen) atoms. The van der Waals surface area contributed by atoms with E-state index in [0.29, 0.717) is 5.16 Å². The van der Waals surface area contributed by atoms with E-state index >= 15 is 0 Å². The van der Waals surface area contributed by atoms with Crippen molar-refractivity contribution in [2.75, 3.05) is 6.66 Å². The third-order valence-electron chi connectivity index (χ3n) is 2.15. The van der Waals surface area contributed by atoms with E-state index in [1.807, 2.05) is 18.2 Å². The van der Waals surface area contributed by atoms with Crippen molar-refractivity contribution < 1.29 is 0 Å². The monoisotopic (exact) mass is 204 g/mol. The molecule has 1 rings (SSSR count). The highest BCUT2D eigenvalue weighted by atomic mass is 31.1. The van der Waals surface area contributed by atoms with Crippen LogP contribution < -0.4 is 0 Å². The average molecular weight is 204 g/mol. The molecule has 0 heterocycles. The fourth-order valence-electron chi connectivity index (χ4n) is 0.838. The fourth-order valence-corrected chi connectivity index (χ4v) is 1.47. The standard InChI is InChI=1S/C13H17P/c1-13(2,3)14(4)11-10-12-8-6-5-7-9-12/h5-9H,1-4H3. The summed E-state index contributed by atoms with van der Waals surface area (Å²) in [5.41, 5.74) is 4.47. The summed E-state index contributed by atoms with van der Waals surface area (Å²) in [5.74, 6) is 3.23. The quantitative estimate of drug-likeness (QED) is 0.444. The van der Waals surface area contributed by atoms with Crippen LogP contribution >= 0.6 is 7.92 Å². The lowest BCUT2D eigenvalue weighted by Gasteiger charge is -2.22. The van der Waals surface area contributed by atoms with E-state index in [9.17, 15) is 0 Å². The molecule has 0 radical (unpaired) electrons. The smallest absolute Gasteiger partial charge is 0.0248 e. The molecule has 0 aliphatic carbocycles. The molecule has 0 saturated carbocycles. The highest BCUT2D eigenvalue weighted by Crippen LogP contribution is 2.44. The first-order chi connectivity index (χ1) is 6.50. The van der Waals surface area contributed by atoms with Gasteiger partial charge in [-0.25, -0.2) is 0 Å². The molecule has 74 valence electrons. The van der Waals surface area contributed by atoms with Crippen LogP contribution in [0, 0.1) is 11.6 Å². The molecule has 1 unspecified atom stereocenters. The highest BCUT2D eigenvalue weighted by Gasteiger charge is 2.16. The lowest BCUT2D eigenvalue weighted by Crippen LogP contribution is -2.08. The van der Waals surface area contributed by atoms with E-state index in [1.54, 1.807) is 0 Å². The molecule has 0 aliphatic rings. The lowest BCUT2D eigenvalue weighted by molar-refractivity contribution is 0.791. The van der Waals surface area contributed by atoms with Crippen molar-refractivity contribution in [3.05, 3.63) is 35.9 Å². The van der Waals surface area contributed by atoms with Gasteiger partial charge in [-0.1, -0.05) is 50.6 Å². The third kappa shape index (κ3) is 3.52. The highest BCUT2D eigenvalue weighted by molar-refractivity contribution is 7.63. The zero-order valence-electron chi connectivity index (χ0n) is 9.33. The number of benzene rings is 1. The Labute approximate surface area is 88.5 Å². The molecule has 0 saturated heterocycles. The summed E-state index contributed by atoms with van der Waals surface area (Å²) >= 11 is 0. The van der Waals surface area contributed by atoms with Crippen LogP contribution in [0.3, 0.4) is 0 Å². The van der Waals surface area contributed by atoms with Crippen molar-refractivity contribution in [1.29, 1.82) is 0 Å². The Bertz CT molecular complexity index is 335. The summed E-state index contributed by atoms with van der Waals surface area (Å²) < 4.78 is 0. The first-order valence-electron chi connectivity index (χ1n) is 4.81. The van der Waals surface area contributed by atoms with Gasteiger partial charge in [0.1, 0.15) is 0 Å². The van der Waals surface area contributed by atoms with Crippen molar-refractivity contribution in [3.8, 4) is 11.6 Å². The number of hydrogen-bond acceptors (Lipinski definition) is 0. The first kappa shape index (κ1) is 11.3. The Balaban J connectivity index is 2.74. The van der Waals surface area contributed by atoms with Crippen LogP contribution in [0.25, 0.3) is 0 Å². The molecule has 0 aliphatic heterocycles. The van der Waals surface area contributed by atoms with E-state index in [4.69, 9.17) is 0 Å². The van der Waals surface area contributed by atoms with E-state index in [0.717, 1.165) is 5.56 Å². The van der Waals surface area contributed by atoms with Crippen molar-refractivity contribution in [1.82, 2.24) is 0 Å². The van der Waals surface area contributed by atoms with Crippen LogP contribution in [0.4, 0.5) is 0 Å². The maximum absolute atomic E-state index is 3.35. The van der Waals surface area contributed by atoms with Crippen molar-refractivity contribution >= 4 is 7.92 Å². The lowest BCUT2D eigenvalue weighted by atomic mass is 10.2. The fraction of sp³-hybridized carbons (Fsp3) is 0.385. The van der Waals surface area contributed by atoms with Gasteiger partial charge in [-0.15, -0.1) is 0 Å². The summed E-state index contributed by atoms with van der Waals surface area (Å²) in [6, 6.07) is 10.2. The van der Waals surface area contributed by atoms with Gasteiger partial charge in [0.2, 0.25) is 0 Å². The van der Waals surface area contributed by atoms with Gasteiger partial charge in [0, 0.05) is 5.56 Å². The summed E-state index contributed by atoms with van der Waals surface area (Å²) in [4.78, 5) is 0. The van der Waals surface area contributed by atoms with Crippen LogP contribution in [0.1, 0.15) is 26.3 Å². The minimum absolute atomic E-state index is 0.206. The molecule has 0 spiro atoms. The summed E-state index contributed by atoms with van der Waals surface area (Å²) in [5, 5.41) is 0.330. The van der Waals surface area contributed by atoms with Gasteiger partial charge in [0.05, 0.1) is 0 Å².